The number of fused-ring (bicyclic) bond motifs is 1. The average molecular weight is 373 g/mol. The first-order valence-corrected chi connectivity index (χ1v) is 9.55. The van der Waals surface area contributed by atoms with Crippen LogP contribution in [0.25, 0.3) is 21.7 Å². The highest BCUT2D eigenvalue weighted by atomic mass is 35.5. The van der Waals surface area contributed by atoms with Crippen LogP contribution in [0.1, 0.15) is 0 Å². The molecule has 0 radical (unpaired) electrons. The number of H-pyrrole nitrogens is 1. The molecule has 2 aliphatic rings. The quantitative estimate of drug-likeness (QED) is 0.739. The third kappa shape index (κ3) is 2.72. The Morgan fingerprint density at radius 2 is 1.96 bits per heavy atom. The Labute approximate surface area is 154 Å². The molecule has 2 atom stereocenters. The summed E-state index contributed by atoms with van der Waals surface area (Å²) in [4.78, 5) is 2.37. The Morgan fingerprint density at radius 1 is 1.12 bits per heavy atom. The number of benzene rings is 1. The van der Waals surface area contributed by atoms with E-state index >= 15 is 0 Å². The Bertz CT molecular complexity index is 880. The Hall–Kier alpha value is -1.96. The molecule has 3 aromatic rings. The van der Waals surface area contributed by atoms with Crippen molar-refractivity contribution in [2.45, 2.75) is 0 Å². The maximum atomic E-state index is 6.51. The Kier molecular flexibility index (Phi) is 3.73. The fourth-order valence-electron chi connectivity index (χ4n) is 3.74. The molecular weight excluding hydrogens is 356 g/mol. The third-order valence-corrected chi connectivity index (χ3v) is 6.44. The largest absolute Gasteiger partial charge is 0.346 e. The van der Waals surface area contributed by atoms with Crippen molar-refractivity contribution in [1.29, 1.82) is 0 Å². The number of hydrogen-bond donors (Lipinski definition) is 2. The first-order valence-electron chi connectivity index (χ1n) is 8.36. The van der Waals surface area contributed by atoms with E-state index in [1.54, 1.807) is 17.5 Å². The molecule has 0 bridgehead atoms. The van der Waals surface area contributed by atoms with Gasteiger partial charge in [-0.05, 0) is 29.5 Å². The first-order chi connectivity index (χ1) is 12.3. The molecule has 8 heteroatoms. The summed E-state index contributed by atoms with van der Waals surface area (Å²) < 4.78 is 0. The molecule has 2 aromatic heterocycles. The van der Waals surface area contributed by atoms with Gasteiger partial charge in [0.05, 0.1) is 11.2 Å². The van der Waals surface area contributed by atoms with Crippen molar-refractivity contribution in [3.63, 3.8) is 0 Å². The predicted molar refractivity (Wildman–Crippen MR) is 100.0 cm³/mol. The number of aromatic nitrogens is 4. The summed E-state index contributed by atoms with van der Waals surface area (Å²) in [6, 6.07) is 6.01. The van der Waals surface area contributed by atoms with Crippen LogP contribution in [0.3, 0.4) is 0 Å². The molecule has 4 heterocycles. The number of nitrogens with one attached hydrogen (secondary N) is 2. The molecular formula is C17H17ClN6S. The van der Waals surface area contributed by atoms with Crippen LogP contribution < -0.4 is 10.2 Å². The topological polar surface area (TPSA) is 69.7 Å². The minimum atomic E-state index is 0.684. The standard InChI is InChI=1S/C17H17ClN6S/c18-15-3-10(11-6-20-21-7-11)1-2-14(15)16-22-23-17(25-16)24-8-12-4-19-5-13(12)9-24/h1-3,6-7,12-13,19H,4-5,8-9H2,(H,20,21). The van der Waals surface area contributed by atoms with Crippen molar-refractivity contribution >= 4 is 28.1 Å². The molecule has 0 amide bonds. The zero-order chi connectivity index (χ0) is 16.8. The van der Waals surface area contributed by atoms with Gasteiger partial charge in [-0.2, -0.15) is 5.10 Å². The second-order valence-corrected chi connectivity index (χ2v) is 8.02. The van der Waals surface area contributed by atoms with Crippen molar-refractivity contribution in [2.24, 2.45) is 11.8 Å². The van der Waals surface area contributed by atoms with Crippen molar-refractivity contribution in [1.82, 2.24) is 25.7 Å². The number of aromatic amines is 1. The summed E-state index contributed by atoms with van der Waals surface area (Å²) in [7, 11) is 0. The molecule has 1 aromatic carbocycles. The smallest absolute Gasteiger partial charge is 0.208 e. The molecule has 25 heavy (non-hydrogen) atoms. The van der Waals surface area contributed by atoms with E-state index < -0.39 is 0 Å². The molecule has 2 fully saturated rings. The van der Waals surface area contributed by atoms with E-state index in [1.165, 1.54) is 0 Å². The molecule has 0 spiro atoms. The second-order valence-electron chi connectivity index (χ2n) is 6.65. The van der Waals surface area contributed by atoms with Gasteiger partial charge in [0, 0.05) is 43.5 Å². The third-order valence-electron chi connectivity index (χ3n) is 5.11. The van der Waals surface area contributed by atoms with Gasteiger partial charge in [-0.15, -0.1) is 10.2 Å². The Morgan fingerprint density at radius 3 is 2.68 bits per heavy atom. The highest BCUT2D eigenvalue weighted by Crippen LogP contribution is 2.38. The zero-order valence-electron chi connectivity index (χ0n) is 13.4. The highest BCUT2D eigenvalue weighted by Gasteiger charge is 2.37. The molecule has 0 saturated carbocycles. The van der Waals surface area contributed by atoms with Gasteiger partial charge < -0.3 is 10.2 Å². The summed E-state index contributed by atoms with van der Waals surface area (Å²) in [6.07, 6.45) is 3.64. The van der Waals surface area contributed by atoms with Crippen molar-refractivity contribution in [3.8, 4) is 21.7 Å². The van der Waals surface area contributed by atoms with Crippen molar-refractivity contribution in [2.75, 3.05) is 31.1 Å². The van der Waals surface area contributed by atoms with Gasteiger partial charge in [0.15, 0.2) is 5.01 Å². The number of anilines is 1. The van der Waals surface area contributed by atoms with Crippen LogP contribution in [0.5, 0.6) is 0 Å². The second kappa shape index (κ2) is 6.09. The maximum Gasteiger partial charge on any atom is 0.208 e. The van der Waals surface area contributed by atoms with Crippen LogP contribution in [-0.4, -0.2) is 46.6 Å². The van der Waals surface area contributed by atoms with E-state index in [-0.39, 0.29) is 0 Å². The number of halogens is 1. The molecule has 128 valence electrons. The number of nitrogens with zero attached hydrogens (tertiary/aromatic N) is 4. The van der Waals surface area contributed by atoms with Gasteiger partial charge in [0.25, 0.3) is 0 Å². The van der Waals surface area contributed by atoms with Crippen LogP contribution in [0, 0.1) is 11.8 Å². The molecule has 2 saturated heterocycles. The minimum absolute atomic E-state index is 0.684. The van der Waals surface area contributed by atoms with Crippen LogP contribution in [0.2, 0.25) is 5.02 Å². The summed E-state index contributed by atoms with van der Waals surface area (Å²) in [5.74, 6) is 1.48. The van der Waals surface area contributed by atoms with E-state index in [2.05, 4.69) is 30.6 Å². The summed E-state index contributed by atoms with van der Waals surface area (Å²) >= 11 is 8.13. The molecule has 2 unspecified atom stereocenters. The van der Waals surface area contributed by atoms with Gasteiger partial charge in [0.2, 0.25) is 5.13 Å². The minimum Gasteiger partial charge on any atom is -0.346 e. The lowest BCUT2D eigenvalue weighted by atomic mass is 10.0. The SMILES string of the molecule is Clc1cc(-c2cn[nH]c2)ccc1-c1nnc(N2CC3CNCC3C2)s1. The van der Waals surface area contributed by atoms with Crippen LogP contribution in [0.4, 0.5) is 5.13 Å². The zero-order valence-corrected chi connectivity index (χ0v) is 15.0. The van der Waals surface area contributed by atoms with Crippen LogP contribution in [0.15, 0.2) is 30.6 Å². The first kappa shape index (κ1) is 15.3. The normalized spacial score (nSPS) is 22.5. The van der Waals surface area contributed by atoms with E-state index in [4.69, 9.17) is 11.6 Å². The van der Waals surface area contributed by atoms with E-state index in [1.807, 2.05) is 24.4 Å². The highest BCUT2D eigenvalue weighted by molar-refractivity contribution is 7.18. The summed E-state index contributed by atoms with van der Waals surface area (Å²) in [5.41, 5.74) is 2.98. The fraction of sp³-hybridized carbons (Fsp3) is 0.353. The predicted octanol–water partition coefficient (Wildman–Crippen LogP) is 2.90. The van der Waals surface area contributed by atoms with E-state index in [0.717, 1.165) is 64.8 Å². The van der Waals surface area contributed by atoms with Crippen molar-refractivity contribution in [3.05, 3.63) is 35.6 Å². The van der Waals surface area contributed by atoms with Crippen LogP contribution >= 0.6 is 22.9 Å². The molecule has 2 N–H and O–H groups in total. The van der Waals surface area contributed by atoms with E-state index in [9.17, 15) is 0 Å². The van der Waals surface area contributed by atoms with Crippen LogP contribution in [-0.2, 0) is 0 Å². The lowest BCUT2D eigenvalue weighted by Gasteiger charge is -2.14. The average Bonchev–Trinajstić information content (AvgIpc) is 3.36. The lowest BCUT2D eigenvalue weighted by Crippen LogP contribution is -2.25. The molecule has 6 nitrogen and oxygen atoms in total. The Balaban J connectivity index is 1.40. The summed E-state index contributed by atoms with van der Waals surface area (Å²) in [5, 5.41) is 21.6. The molecule has 2 aliphatic heterocycles. The van der Waals surface area contributed by atoms with Crippen molar-refractivity contribution < 1.29 is 0 Å². The summed E-state index contributed by atoms with van der Waals surface area (Å²) in [6.45, 7) is 4.38. The van der Waals surface area contributed by atoms with Gasteiger partial charge in [-0.3, -0.25) is 5.10 Å². The van der Waals surface area contributed by atoms with Gasteiger partial charge in [0.1, 0.15) is 0 Å². The van der Waals surface area contributed by atoms with Gasteiger partial charge >= 0.3 is 0 Å². The monoisotopic (exact) mass is 372 g/mol. The molecule has 5 rings (SSSR count). The van der Waals surface area contributed by atoms with Gasteiger partial charge in [-0.25, -0.2) is 0 Å². The maximum absolute atomic E-state index is 6.51. The van der Waals surface area contributed by atoms with Gasteiger partial charge in [-0.1, -0.05) is 29.0 Å². The lowest BCUT2D eigenvalue weighted by molar-refractivity contribution is 0.533. The molecule has 0 aliphatic carbocycles. The fourth-order valence-corrected chi connectivity index (χ4v) is 4.97. The number of rotatable bonds is 3. The number of hydrogen-bond acceptors (Lipinski definition) is 6. The van der Waals surface area contributed by atoms with E-state index in [0.29, 0.717) is 5.02 Å².